The minimum Gasteiger partial charge on any atom is -0.760 e. The van der Waals surface area contributed by atoms with Crippen LogP contribution in [0.5, 0.6) is 0 Å². The van der Waals surface area contributed by atoms with Crippen molar-refractivity contribution in [1.29, 1.82) is 5.26 Å². The fraction of sp³-hybridized carbons (Fsp3) is 0.300. The zero-order chi connectivity index (χ0) is 13.4. The van der Waals surface area contributed by atoms with Crippen LogP contribution in [0.3, 0.4) is 0 Å². The quantitative estimate of drug-likeness (QED) is 0.529. The molecule has 0 aliphatic carbocycles. The third kappa shape index (κ3) is 6.52. The summed E-state index contributed by atoms with van der Waals surface area (Å²) in [4.78, 5) is 0. The van der Waals surface area contributed by atoms with Gasteiger partial charge in [-0.25, -0.2) is 0 Å². The molecule has 1 unspecified atom stereocenters. The lowest BCUT2D eigenvalue weighted by Crippen LogP contribution is -2.11. The van der Waals surface area contributed by atoms with E-state index in [1.54, 1.807) is 6.07 Å². The van der Waals surface area contributed by atoms with E-state index in [0.29, 0.717) is 17.3 Å². The van der Waals surface area contributed by atoms with Gasteiger partial charge < -0.3 is 15.6 Å². The van der Waals surface area contributed by atoms with E-state index in [9.17, 15) is 0 Å². The van der Waals surface area contributed by atoms with Crippen molar-refractivity contribution in [2.24, 2.45) is 5.14 Å². The minimum absolute atomic E-state index is 0.300. The van der Waals surface area contributed by atoms with Crippen LogP contribution in [0.2, 0.25) is 0 Å². The summed E-state index contributed by atoms with van der Waals surface area (Å²) in [5.74, 6) is 0. The van der Waals surface area contributed by atoms with Crippen molar-refractivity contribution in [1.82, 2.24) is 0 Å². The molecule has 1 rings (SSSR count). The van der Waals surface area contributed by atoms with Crippen LogP contribution in [0.1, 0.15) is 19.4 Å². The largest absolute Gasteiger partial charge is 0.760 e. The van der Waals surface area contributed by atoms with Crippen LogP contribution < -0.4 is 16.2 Å². The molecule has 0 heterocycles. The molecule has 5 N–H and O–H groups in total. The van der Waals surface area contributed by atoms with E-state index >= 15 is 0 Å². The molecule has 0 aliphatic rings. The maximum Gasteiger partial charge on any atom is 0.103 e. The average molecular weight is 255 g/mol. The number of benzene rings is 1. The van der Waals surface area contributed by atoms with Crippen molar-refractivity contribution < 1.29 is 8.76 Å². The molecule has 1 aromatic rings. The van der Waals surface area contributed by atoms with Crippen molar-refractivity contribution in [3.8, 4) is 6.07 Å². The molecule has 1 atom stereocenters. The second-order valence-corrected chi connectivity index (χ2v) is 3.96. The first-order chi connectivity index (χ1) is 7.88. The number of nitrogens with zero attached hydrogens (tertiary/aromatic N) is 1. The number of anilines is 2. The van der Waals surface area contributed by atoms with Crippen LogP contribution in [0.25, 0.3) is 0 Å². The molecule has 0 amide bonds. The number of nitrogen functional groups attached to an aromatic ring is 1. The SMILES string of the molecule is CC(C)Nc1cccc(N)c1C#N.NS(=O)[O-]. The molecule has 0 spiro atoms. The Morgan fingerprint density at radius 3 is 2.47 bits per heavy atom. The maximum atomic E-state index is 8.84. The molecule has 0 aromatic heterocycles. The number of rotatable bonds is 2. The first-order valence-electron chi connectivity index (χ1n) is 4.77. The van der Waals surface area contributed by atoms with E-state index in [1.165, 1.54) is 0 Å². The Hall–Kier alpha value is -1.62. The standard InChI is InChI=1S/C10H13N3.H3NO2S/c1-7(2)13-10-5-3-4-9(12)8(10)6-11;1-4(2)3/h3-5,7,13H,12H2,1-2H3;1H2,(H,2,3)/p-1. The predicted octanol–water partition coefficient (Wildman–Crippen LogP) is 0.700. The van der Waals surface area contributed by atoms with Gasteiger partial charge in [0, 0.05) is 17.3 Å². The molecule has 0 saturated heterocycles. The van der Waals surface area contributed by atoms with Gasteiger partial charge in [-0.3, -0.25) is 9.35 Å². The van der Waals surface area contributed by atoms with Crippen LogP contribution in [0, 0.1) is 11.3 Å². The summed E-state index contributed by atoms with van der Waals surface area (Å²) in [6.45, 7) is 4.04. The molecule has 0 bridgehead atoms. The molecule has 0 saturated carbocycles. The summed E-state index contributed by atoms with van der Waals surface area (Å²) < 4.78 is 17.6. The van der Waals surface area contributed by atoms with Crippen LogP contribution in [0.4, 0.5) is 11.4 Å². The highest BCUT2D eigenvalue weighted by Gasteiger charge is 2.05. The number of hydrogen-bond acceptors (Lipinski definition) is 5. The Morgan fingerprint density at radius 1 is 1.53 bits per heavy atom. The zero-order valence-electron chi connectivity index (χ0n) is 9.64. The Labute approximate surface area is 103 Å². The smallest absolute Gasteiger partial charge is 0.103 e. The van der Waals surface area contributed by atoms with E-state index in [0.717, 1.165) is 5.69 Å². The van der Waals surface area contributed by atoms with Gasteiger partial charge in [0.05, 0.1) is 16.9 Å². The number of nitrogens with two attached hydrogens (primary N) is 2. The first-order valence-corrected chi connectivity index (χ1v) is 5.91. The topological polar surface area (TPSA) is 128 Å². The normalized spacial score (nSPS) is 11.1. The molecule has 0 fully saturated rings. The number of hydrogen-bond donors (Lipinski definition) is 3. The highest BCUT2D eigenvalue weighted by Crippen LogP contribution is 2.21. The van der Waals surface area contributed by atoms with E-state index in [1.807, 2.05) is 26.0 Å². The zero-order valence-corrected chi connectivity index (χ0v) is 10.5. The van der Waals surface area contributed by atoms with Crippen molar-refractivity contribution >= 4 is 22.6 Å². The van der Waals surface area contributed by atoms with E-state index in [-0.39, 0.29) is 0 Å². The summed E-state index contributed by atoms with van der Waals surface area (Å²) in [5, 5.41) is 16.0. The fourth-order valence-corrected chi connectivity index (χ4v) is 1.13. The lowest BCUT2D eigenvalue weighted by molar-refractivity contribution is 0.539. The van der Waals surface area contributed by atoms with Crippen LogP contribution in [0.15, 0.2) is 18.2 Å². The van der Waals surface area contributed by atoms with Gasteiger partial charge in [0.1, 0.15) is 6.07 Å². The molecule has 0 aliphatic heterocycles. The van der Waals surface area contributed by atoms with Crippen LogP contribution >= 0.6 is 0 Å². The molecule has 7 heteroatoms. The van der Waals surface area contributed by atoms with Gasteiger partial charge in [0.15, 0.2) is 0 Å². The van der Waals surface area contributed by atoms with Crippen LogP contribution in [-0.2, 0) is 11.3 Å². The van der Waals surface area contributed by atoms with Crippen molar-refractivity contribution in [3.63, 3.8) is 0 Å². The van der Waals surface area contributed by atoms with Crippen molar-refractivity contribution in [3.05, 3.63) is 23.8 Å². The van der Waals surface area contributed by atoms with Crippen LogP contribution in [-0.4, -0.2) is 14.8 Å². The molecule has 1 aromatic carbocycles. The maximum absolute atomic E-state index is 8.84. The van der Waals surface area contributed by atoms with Gasteiger partial charge in [0.2, 0.25) is 0 Å². The van der Waals surface area contributed by atoms with Gasteiger partial charge in [-0.1, -0.05) is 6.07 Å². The van der Waals surface area contributed by atoms with Gasteiger partial charge >= 0.3 is 0 Å². The third-order valence-electron chi connectivity index (χ3n) is 1.65. The highest BCUT2D eigenvalue weighted by molar-refractivity contribution is 7.76. The second-order valence-electron chi connectivity index (χ2n) is 3.44. The summed E-state index contributed by atoms with van der Waals surface area (Å²) in [6.07, 6.45) is 0. The summed E-state index contributed by atoms with van der Waals surface area (Å²) in [6, 6.07) is 7.80. The Balaban J connectivity index is 0.000000557. The molecular formula is C10H15N4O2S-. The molecule has 6 nitrogen and oxygen atoms in total. The Morgan fingerprint density at radius 2 is 2.06 bits per heavy atom. The summed E-state index contributed by atoms with van der Waals surface area (Å²) in [5.41, 5.74) is 7.49. The molecular weight excluding hydrogens is 240 g/mol. The summed E-state index contributed by atoms with van der Waals surface area (Å²) in [7, 11) is 0. The summed E-state index contributed by atoms with van der Waals surface area (Å²) >= 11 is -2.36. The first kappa shape index (κ1) is 15.4. The monoisotopic (exact) mass is 255 g/mol. The lowest BCUT2D eigenvalue weighted by Gasteiger charge is -2.12. The molecule has 0 radical (unpaired) electrons. The van der Waals surface area contributed by atoms with Crippen molar-refractivity contribution in [2.75, 3.05) is 11.1 Å². The van der Waals surface area contributed by atoms with Gasteiger partial charge in [-0.05, 0) is 26.0 Å². The fourth-order valence-electron chi connectivity index (χ4n) is 1.13. The van der Waals surface area contributed by atoms with Gasteiger partial charge in [0.25, 0.3) is 0 Å². The van der Waals surface area contributed by atoms with E-state index in [4.69, 9.17) is 19.8 Å². The molecule has 17 heavy (non-hydrogen) atoms. The third-order valence-corrected chi connectivity index (χ3v) is 1.65. The Bertz CT molecular complexity index is 425. The Kier molecular flexibility index (Phi) is 6.89. The lowest BCUT2D eigenvalue weighted by atomic mass is 10.1. The van der Waals surface area contributed by atoms with Gasteiger partial charge in [-0.15, -0.1) is 0 Å². The van der Waals surface area contributed by atoms with E-state index in [2.05, 4.69) is 16.5 Å². The number of nitrogens with one attached hydrogen (secondary N) is 1. The molecule has 94 valence electrons. The average Bonchev–Trinajstić information content (AvgIpc) is 2.16. The minimum atomic E-state index is -2.36. The predicted molar refractivity (Wildman–Crippen MR) is 67.4 cm³/mol. The highest BCUT2D eigenvalue weighted by atomic mass is 32.2. The van der Waals surface area contributed by atoms with Gasteiger partial charge in [-0.2, -0.15) is 5.26 Å². The second kappa shape index (κ2) is 7.62. The van der Waals surface area contributed by atoms with E-state index < -0.39 is 11.3 Å². The number of nitriles is 1. The van der Waals surface area contributed by atoms with Crippen molar-refractivity contribution in [2.45, 2.75) is 19.9 Å².